The summed E-state index contributed by atoms with van der Waals surface area (Å²) in [5.74, 6) is 2.75. The molecule has 0 aliphatic carbocycles. The molecule has 0 radical (unpaired) electrons. The summed E-state index contributed by atoms with van der Waals surface area (Å²) in [4.78, 5) is 0. The summed E-state index contributed by atoms with van der Waals surface area (Å²) in [5.41, 5.74) is 0.0278. The topological polar surface area (TPSA) is 21.3 Å². The molecule has 3 aliphatic rings. The molecule has 4 heteroatoms. The number of alkyl halides is 1. The molecule has 4 atom stereocenters. The van der Waals surface area contributed by atoms with Gasteiger partial charge >= 0.3 is 0 Å². The molecule has 3 rings (SSSR count). The Morgan fingerprint density at radius 2 is 2.28 bits per heavy atom. The molecule has 4 unspecified atom stereocenters. The molecule has 3 saturated heterocycles. The zero-order chi connectivity index (χ0) is 12.4. The zero-order valence-corrected chi connectivity index (χ0v) is 11.8. The van der Waals surface area contributed by atoms with E-state index in [9.17, 15) is 4.39 Å². The first-order valence-corrected chi connectivity index (χ1v) is 8.51. The van der Waals surface area contributed by atoms with Crippen LogP contribution in [0.2, 0.25) is 0 Å². The van der Waals surface area contributed by atoms with Gasteiger partial charge in [-0.15, -0.1) is 0 Å². The summed E-state index contributed by atoms with van der Waals surface area (Å²) >= 11 is 1.97. The summed E-state index contributed by atoms with van der Waals surface area (Å²) < 4.78 is 20.7. The van der Waals surface area contributed by atoms with Crippen molar-refractivity contribution in [3.63, 3.8) is 0 Å². The summed E-state index contributed by atoms with van der Waals surface area (Å²) in [6.07, 6.45) is 4.58. The minimum Gasteiger partial charge on any atom is -0.374 e. The fraction of sp³-hybridized carbons (Fsp3) is 1.00. The summed E-state index contributed by atoms with van der Waals surface area (Å²) in [5, 5.41) is 3.34. The van der Waals surface area contributed by atoms with Crippen molar-refractivity contribution in [3.8, 4) is 0 Å². The lowest BCUT2D eigenvalue weighted by Gasteiger charge is -2.41. The lowest BCUT2D eigenvalue weighted by atomic mass is 9.77. The number of ether oxygens (including phenoxy) is 1. The maximum absolute atomic E-state index is 14.7. The minimum absolute atomic E-state index is 0.0278. The summed E-state index contributed by atoms with van der Waals surface area (Å²) in [6.45, 7) is 2.71. The number of halogens is 1. The SMILES string of the molecule is FC(C1CCCNC1)C1CCOC2(CCSC2)C1. The second kappa shape index (κ2) is 5.68. The molecule has 1 spiro atoms. The van der Waals surface area contributed by atoms with Gasteiger partial charge in [0.05, 0.1) is 5.60 Å². The Hall–Kier alpha value is 0.200. The van der Waals surface area contributed by atoms with Gasteiger partial charge in [0, 0.05) is 24.8 Å². The quantitative estimate of drug-likeness (QED) is 0.836. The fourth-order valence-corrected chi connectivity index (χ4v) is 5.11. The van der Waals surface area contributed by atoms with Crippen LogP contribution in [0, 0.1) is 11.8 Å². The second-order valence-corrected chi connectivity index (χ2v) is 7.24. The van der Waals surface area contributed by atoms with Crippen LogP contribution < -0.4 is 5.32 Å². The van der Waals surface area contributed by atoms with E-state index in [1.54, 1.807) is 0 Å². The maximum atomic E-state index is 14.7. The van der Waals surface area contributed by atoms with Crippen molar-refractivity contribution in [2.24, 2.45) is 11.8 Å². The Kier molecular flexibility index (Phi) is 4.16. The van der Waals surface area contributed by atoms with Crippen LogP contribution in [0.4, 0.5) is 4.39 Å². The number of hydrogen-bond donors (Lipinski definition) is 1. The third kappa shape index (κ3) is 2.70. The number of piperidine rings is 1. The maximum Gasteiger partial charge on any atom is 0.107 e. The van der Waals surface area contributed by atoms with Gasteiger partial charge in [0.25, 0.3) is 0 Å². The van der Waals surface area contributed by atoms with Crippen LogP contribution in [-0.4, -0.2) is 43.0 Å². The molecule has 3 fully saturated rings. The highest BCUT2D eigenvalue weighted by molar-refractivity contribution is 7.99. The molecule has 0 saturated carbocycles. The Balaban J connectivity index is 1.60. The number of hydrogen-bond acceptors (Lipinski definition) is 3. The van der Waals surface area contributed by atoms with Crippen LogP contribution in [-0.2, 0) is 4.74 Å². The molecule has 0 aromatic carbocycles. The largest absolute Gasteiger partial charge is 0.374 e. The highest BCUT2D eigenvalue weighted by atomic mass is 32.2. The van der Waals surface area contributed by atoms with E-state index in [-0.39, 0.29) is 17.4 Å². The van der Waals surface area contributed by atoms with E-state index < -0.39 is 6.17 Å². The molecule has 104 valence electrons. The smallest absolute Gasteiger partial charge is 0.107 e. The second-order valence-electron chi connectivity index (χ2n) is 6.14. The van der Waals surface area contributed by atoms with Crippen molar-refractivity contribution in [2.75, 3.05) is 31.2 Å². The number of thioether (sulfide) groups is 1. The van der Waals surface area contributed by atoms with Crippen molar-refractivity contribution in [1.82, 2.24) is 5.32 Å². The molecule has 18 heavy (non-hydrogen) atoms. The van der Waals surface area contributed by atoms with Crippen LogP contribution in [0.1, 0.15) is 32.1 Å². The van der Waals surface area contributed by atoms with Gasteiger partial charge in [-0.05, 0) is 50.3 Å². The number of nitrogens with one attached hydrogen (secondary N) is 1. The van der Waals surface area contributed by atoms with Crippen molar-refractivity contribution >= 4 is 11.8 Å². The molecule has 0 aromatic rings. The van der Waals surface area contributed by atoms with Crippen molar-refractivity contribution < 1.29 is 9.13 Å². The number of rotatable bonds is 2. The van der Waals surface area contributed by atoms with E-state index in [4.69, 9.17) is 4.74 Å². The van der Waals surface area contributed by atoms with Gasteiger partial charge in [0.15, 0.2) is 0 Å². The first-order valence-electron chi connectivity index (χ1n) is 7.36. The summed E-state index contributed by atoms with van der Waals surface area (Å²) in [6, 6.07) is 0. The fourth-order valence-electron chi connectivity index (χ4n) is 3.74. The molecule has 0 bridgehead atoms. The third-order valence-electron chi connectivity index (χ3n) is 4.83. The first-order chi connectivity index (χ1) is 8.79. The Labute approximate surface area is 113 Å². The van der Waals surface area contributed by atoms with Crippen LogP contribution >= 0.6 is 11.8 Å². The van der Waals surface area contributed by atoms with Gasteiger partial charge < -0.3 is 10.1 Å². The van der Waals surface area contributed by atoms with E-state index >= 15 is 0 Å². The van der Waals surface area contributed by atoms with Gasteiger partial charge in [-0.2, -0.15) is 11.8 Å². The third-order valence-corrected chi connectivity index (χ3v) is 6.06. The Morgan fingerprint density at radius 1 is 1.33 bits per heavy atom. The predicted octanol–water partition coefficient (Wildman–Crippen LogP) is 2.63. The molecule has 0 aromatic heterocycles. The van der Waals surface area contributed by atoms with Crippen molar-refractivity contribution in [2.45, 2.75) is 43.9 Å². The van der Waals surface area contributed by atoms with Gasteiger partial charge in [0.1, 0.15) is 6.17 Å². The van der Waals surface area contributed by atoms with E-state index in [2.05, 4.69) is 5.32 Å². The monoisotopic (exact) mass is 273 g/mol. The van der Waals surface area contributed by atoms with Crippen LogP contribution in [0.15, 0.2) is 0 Å². The van der Waals surface area contributed by atoms with Crippen molar-refractivity contribution in [1.29, 1.82) is 0 Å². The van der Waals surface area contributed by atoms with Gasteiger partial charge in [0.2, 0.25) is 0 Å². The van der Waals surface area contributed by atoms with Crippen molar-refractivity contribution in [3.05, 3.63) is 0 Å². The molecule has 3 aliphatic heterocycles. The van der Waals surface area contributed by atoms with E-state index in [1.165, 1.54) is 5.75 Å². The average molecular weight is 273 g/mol. The molecular weight excluding hydrogens is 249 g/mol. The Bertz CT molecular complexity index is 277. The van der Waals surface area contributed by atoms with Crippen LogP contribution in [0.25, 0.3) is 0 Å². The van der Waals surface area contributed by atoms with Crippen LogP contribution in [0.5, 0.6) is 0 Å². The Morgan fingerprint density at radius 3 is 3.00 bits per heavy atom. The predicted molar refractivity (Wildman–Crippen MR) is 73.8 cm³/mol. The highest BCUT2D eigenvalue weighted by Crippen LogP contribution is 2.43. The lowest BCUT2D eigenvalue weighted by Crippen LogP contribution is -2.46. The molecular formula is C14H24FNOS. The van der Waals surface area contributed by atoms with E-state index in [1.807, 2.05) is 11.8 Å². The average Bonchev–Trinajstić information content (AvgIpc) is 2.87. The highest BCUT2D eigenvalue weighted by Gasteiger charge is 2.44. The van der Waals surface area contributed by atoms with Gasteiger partial charge in [-0.25, -0.2) is 4.39 Å². The standard InChI is InChI=1S/C14H24FNOS/c15-13(12-2-1-5-16-9-12)11-3-6-17-14(8-11)4-7-18-10-14/h11-13,16H,1-10H2. The zero-order valence-electron chi connectivity index (χ0n) is 11.0. The van der Waals surface area contributed by atoms with E-state index in [0.29, 0.717) is 0 Å². The molecule has 2 nitrogen and oxygen atoms in total. The normalized spacial score (nSPS) is 43.2. The molecule has 0 amide bonds. The van der Waals surface area contributed by atoms with Gasteiger partial charge in [-0.3, -0.25) is 0 Å². The van der Waals surface area contributed by atoms with Crippen LogP contribution in [0.3, 0.4) is 0 Å². The van der Waals surface area contributed by atoms with E-state index in [0.717, 1.165) is 57.6 Å². The lowest BCUT2D eigenvalue weighted by molar-refractivity contribution is -0.0977. The molecule has 3 heterocycles. The summed E-state index contributed by atoms with van der Waals surface area (Å²) in [7, 11) is 0. The van der Waals surface area contributed by atoms with Gasteiger partial charge in [-0.1, -0.05) is 0 Å². The minimum atomic E-state index is -0.621. The molecule has 1 N–H and O–H groups in total. The first kappa shape index (κ1) is 13.2.